The van der Waals surface area contributed by atoms with Gasteiger partial charge in [-0.2, -0.15) is 0 Å². The number of hydrogen-bond acceptors (Lipinski definition) is 4. The Morgan fingerprint density at radius 1 is 1.35 bits per heavy atom. The van der Waals surface area contributed by atoms with Gasteiger partial charge in [0.25, 0.3) is 0 Å². The minimum atomic E-state index is -0.589. The van der Waals surface area contributed by atoms with Gasteiger partial charge in [0.2, 0.25) is 5.91 Å². The number of hydrogen-bond donors (Lipinski definition) is 2. The molecule has 5 nitrogen and oxygen atoms in total. The van der Waals surface area contributed by atoms with Gasteiger partial charge in [-0.05, 0) is 37.0 Å². The topological polar surface area (TPSA) is 81.4 Å². The van der Waals surface area contributed by atoms with Gasteiger partial charge in [0.15, 0.2) is 0 Å². The number of anilines is 1. The van der Waals surface area contributed by atoms with Crippen LogP contribution in [0.5, 0.6) is 0 Å². The molecule has 2 unspecified atom stereocenters. The molecule has 1 aromatic rings. The molecule has 1 amide bonds. The largest absolute Gasteiger partial charge is 0.465 e. The van der Waals surface area contributed by atoms with Gasteiger partial charge in [0, 0.05) is 12.5 Å². The number of halogens is 2. The summed E-state index contributed by atoms with van der Waals surface area (Å²) in [6, 6.07) is 3.74. The molecule has 2 atom stereocenters. The summed E-state index contributed by atoms with van der Waals surface area (Å²) >= 11 is 0. The number of rotatable bonds is 4. The van der Waals surface area contributed by atoms with Crippen molar-refractivity contribution >= 4 is 30.0 Å². The van der Waals surface area contributed by atoms with Crippen LogP contribution in [0.3, 0.4) is 0 Å². The summed E-state index contributed by atoms with van der Waals surface area (Å²) in [5.41, 5.74) is 6.19. The molecule has 0 spiro atoms. The quantitative estimate of drug-likeness (QED) is 0.823. The third kappa shape index (κ3) is 5.18. The lowest BCUT2D eigenvalue weighted by atomic mass is 9.83. The number of nitrogens with two attached hydrogens (primary N) is 1. The highest BCUT2D eigenvalue weighted by Gasteiger charge is 2.24. The summed E-state index contributed by atoms with van der Waals surface area (Å²) in [5, 5.41) is 2.52. The van der Waals surface area contributed by atoms with E-state index >= 15 is 0 Å². The Morgan fingerprint density at radius 3 is 2.70 bits per heavy atom. The van der Waals surface area contributed by atoms with E-state index in [2.05, 4.69) is 10.1 Å². The molecule has 0 aliphatic heterocycles. The Hall–Kier alpha value is -1.66. The number of carbonyl (C=O) groups is 2. The first-order chi connectivity index (χ1) is 10.5. The molecule has 1 fully saturated rings. The van der Waals surface area contributed by atoms with E-state index in [1.165, 1.54) is 19.2 Å². The van der Waals surface area contributed by atoms with Crippen molar-refractivity contribution in [2.75, 3.05) is 12.4 Å². The van der Waals surface area contributed by atoms with Gasteiger partial charge >= 0.3 is 5.97 Å². The predicted octanol–water partition coefficient (Wildman–Crippen LogP) is 2.88. The molecule has 23 heavy (non-hydrogen) atoms. The van der Waals surface area contributed by atoms with Crippen LogP contribution in [0.4, 0.5) is 10.1 Å². The van der Waals surface area contributed by atoms with E-state index in [0.717, 1.165) is 31.7 Å². The minimum Gasteiger partial charge on any atom is -0.465 e. The second-order valence-corrected chi connectivity index (χ2v) is 5.65. The van der Waals surface area contributed by atoms with Crippen molar-refractivity contribution < 1.29 is 18.7 Å². The van der Waals surface area contributed by atoms with Gasteiger partial charge in [-0.15, -0.1) is 12.4 Å². The highest BCUT2D eigenvalue weighted by atomic mass is 35.5. The van der Waals surface area contributed by atoms with Crippen molar-refractivity contribution in [2.24, 2.45) is 11.7 Å². The smallest absolute Gasteiger partial charge is 0.337 e. The average Bonchev–Trinajstić information content (AvgIpc) is 2.51. The number of nitrogens with one attached hydrogen (secondary N) is 1. The van der Waals surface area contributed by atoms with Crippen LogP contribution in [-0.4, -0.2) is 25.0 Å². The van der Waals surface area contributed by atoms with Crippen LogP contribution < -0.4 is 11.1 Å². The Labute approximate surface area is 141 Å². The molecule has 0 bridgehead atoms. The van der Waals surface area contributed by atoms with E-state index in [1.807, 2.05) is 0 Å². The third-order valence-electron chi connectivity index (χ3n) is 4.08. The highest BCUT2D eigenvalue weighted by molar-refractivity contribution is 5.94. The zero-order valence-electron chi connectivity index (χ0n) is 13.0. The second kappa shape index (κ2) is 8.84. The highest BCUT2D eigenvalue weighted by Crippen LogP contribution is 2.26. The molecule has 1 aliphatic rings. The molecule has 0 saturated heterocycles. The fraction of sp³-hybridized carbons (Fsp3) is 0.500. The summed E-state index contributed by atoms with van der Waals surface area (Å²) in [6.07, 6.45) is 4.26. The van der Waals surface area contributed by atoms with Crippen LogP contribution in [0.1, 0.15) is 42.5 Å². The number of amides is 1. The lowest BCUT2D eigenvalue weighted by molar-refractivity contribution is -0.117. The fourth-order valence-corrected chi connectivity index (χ4v) is 2.80. The lowest BCUT2D eigenvalue weighted by Crippen LogP contribution is -2.35. The summed E-state index contributed by atoms with van der Waals surface area (Å²) in [4.78, 5) is 23.5. The van der Waals surface area contributed by atoms with Crippen molar-refractivity contribution in [3.63, 3.8) is 0 Å². The van der Waals surface area contributed by atoms with Crippen LogP contribution in [-0.2, 0) is 9.53 Å². The molecule has 1 aromatic carbocycles. The standard InChI is InChI=1S/C16H21FN2O3.ClH/c1-22-16(21)11-6-7-12(17)14(8-11)19-15(20)9-10-4-2-3-5-13(10)18;/h6-8,10,13H,2-5,9,18H2,1H3,(H,19,20);1H. The van der Waals surface area contributed by atoms with Crippen LogP contribution in [0.25, 0.3) is 0 Å². The summed E-state index contributed by atoms with van der Waals surface area (Å²) in [7, 11) is 1.24. The van der Waals surface area contributed by atoms with Gasteiger partial charge in [-0.3, -0.25) is 4.79 Å². The van der Waals surface area contributed by atoms with Gasteiger partial charge in [-0.1, -0.05) is 12.8 Å². The Bertz CT molecular complexity index is 568. The van der Waals surface area contributed by atoms with E-state index in [-0.39, 0.29) is 47.9 Å². The van der Waals surface area contributed by atoms with E-state index in [4.69, 9.17) is 5.73 Å². The van der Waals surface area contributed by atoms with Gasteiger partial charge in [0.05, 0.1) is 18.4 Å². The molecule has 0 heterocycles. The lowest BCUT2D eigenvalue weighted by Gasteiger charge is -2.27. The minimum absolute atomic E-state index is 0. The molecule has 0 aromatic heterocycles. The molecular weight excluding hydrogens is 323 g/mol. The molecular formula is C16H22ClFN2O3. The monoisotopic (exact) mass is 344 g/mol. The van der Waals surface area contributed by atoms with Crippen molar-refractivity contribution in [3.8, 4) is 0 Å². The Morgan fingerprint density at radius 2 is 2.04 bits per heavy atom. The normalized spacial score (nSPS) is 20.3. The van der Waals surface area contributed by atoms with Crippen molar-refractivity contribution in [2.45, 2.75) is 38.1 Å². The Balaban J connectivity index is 0.00000264. The van der Waals surface area contributed by atoms with E-state index in [1.54, 1.807) is 0 Å². The molecule has 128 valence electrons. The fourth-order valence-electron chi connectivity index (χ4n) is 2.80. The van der Waals surface area contributed by atoms with Gasteiger partial charge in [-0.25, -0.2) is 9.18 Å². The molecule has 3 N–H and O–H groups in total. The third-order valence-corrected chi connectivity index (χ3v) is 4.08. The summed E-state index contributed by atoms with van der Waals surface area (Å²) in [5.74, 6) is -1.33. The number of methoxy groups -OCH3 is 1. The van der Waals surface area contributed by atoms with Crippen LogP contribution >= 0.6 is 12.4 Å². The van der Waals surface area contributed by atoms with Gasteiger partial charge < -0.3 is 15.8 Å². The molecule has 7 heteroatoms. The number of ether oxygens (including phenoxy) is 1. The van der Waals surface area contributed by atoms with Crippen LogP contribution in [0.15, 0.2) is 18.2 Å². The maximum Gasteiger partial charge on any atom is 0.337 e. The number of esters is 1. The van der Waals surface area contributed by atoms with Gasteiger partial charge in [0.1, 0.15) is 5.82 Å². The summed E-state index contributed by atoms with van der Waals surface area (Å²) in [6.45, 7) is 0. The average molecular weight is 345 g/mol. The van der Waals surface area contributed by atoms with Crippen molar-refractivity contribution in [3.05, 3.63) is 29.6 Å². The van der Waals surface area contributed by atoms with E-state index in [9.17, 15) is 14.0 Å². The maximum absolute atomic E-state index is 13.8. The first-order valence-electron chi connectivity index (χ1n) is 7.44. The summed E-state index contributed by atoms with van der Waals surface area (Å²) < 4.78 is 18.3. The van der Waals surface area contributed by atoms with Crippen molar-refractivity contribution in [1.29, 1.82) is 0 Å². The number of benzene rings is 1. The van der Waals surface area contributed by atoms with Crippen LogP contribution in [0, 0.1) is 11.7 Å². The zero-order valence-corrected chi connectivity index (χ0v) is 13.8. The molecule has 2 rings (SSSR count). The van der Waals surface area contributed by atoms with E-state index in [0.29, 0.717) is 0 Å². The second-order valence-electron chi connectivity index (χ2n) is 5.65. The SMILES string of the molecule is COC(=O)c1ccc(F)c(NC(=O)CC2CCCCC2N)c1.Cl. The molecule has 1 saturated carbocycles. The molecule has 1 aliphatic carbocycles. The van der Waals surface area contributed by atoms with Crippen molar-refractivity contribution in [1.82, 2.24) is 0 Å². The zero-order chi connectivity index (χ0) is 16.1. The molecule has 0 radical (unpaired) electrons. The predicted molar refractivity (Wildman–Crippen MR) is 88.2 cm³/mol. The first-order valence-corrected chi connectivity index (χ1v) is 7.44. The first kappa shape index (κ1) is 19.4. The maximum atomic E-state index is 13.8. The van der Waals surface area contributed by atoms with E-state index < -0.39 is 11.8 Å². The van der Waals surface area contributed by atoms with Crippen LogP contribution in [0.2, 0.25) is 0 Å². The Kier molecular flexibility index (Phi) is 7.45. The number of carbonyl (C=O) groups excluding carboxylic acids is 2.